The molecule has 0 aliphatic carbocycles. The summed E-state index contributed by atoms with van der Waals surface area (Å²) in [5.74, 6) is 0. The van der Waals surface area contributed by atoms with Crippen LogP contribution < -0.4 is 5.73 Å². The third-order valence-corrected chi connectivity index (χ3v) is 2.19. The number of nitrogens with zero attached hydrogens (tertiary/aromatic N) is 2. The number of nitrogen functional groups attached to an aromatic ring is 1. The van der Waals surface area contributed by atoms with Crippen LogP contribution >= 0.6 is 11.6 Å². The van der Waals surface area contributed by atoms with Gasteiger partial charge in [-0.05, 0) is 19.1 Å². The van der Waals surface area contributed by atoms with E-state index in [1.807, 2.05) is 6.92 Å². The highest BCUT2D eigenvalue weighted by atomic mass is 35.5. The topological polar surface area (TPSA) is 67.6 Å². The summed E-state index contributed by atoms with van der Waals surface area (Å²) in [5.41, 5.74) is 8.86. The molecular weight excluding hydrogens is 200 g/mol. The van der Waals surface area contributed by atoms with E-state index in [1.54, 1.807) is 18.3 Å². The smallest absolute Gasteiger partial charge is 0.129 e. The molecule has 0 spiro atoms. The van der Waals surface area contributed by atoms with Crippen LogP contribution in [-0.4, -0.2) is 15.2 Å². The predicted molar refractivity (Wildman–Crippen MR) is 56.0 cm³/mol. The largest absolute Gasteiger partial charge is 0.397 e. The fraction of sp³-hybridized carbons (Fsp3) is 0.111. The third-order valence-electron chi connectivity index (χ3n) is 1.98. The third kappa shape index (κ3) is 1.44. The fourth-order valence-electron chi connectivity index (χ4n) is 1.25. The number of aromatic amines is 1. The zero-order valence-corrected chi connectivity index (χ0v) is 8.34. The molecule has 4 nitrogen and oxygen atoms in total. The van der Waals surface area contributed by atoms with E-state index in [2.05, 4.69) is 15.2 Å². The highest BCUT2D eigenvalue weighted by molar-refractivity contribution is 6.29. The summed E-state index contributed by atoms with van der Waals surface area (Å²) in [5, 5.41) is 7.16. The van der Waals surface area contributed by atoms with Gasteiger partial charge in [-0.1, -0.05) is 11.6 Å². The number of hydrogen-bond acceptors (Lipinski definition) is 3. The summed E-state index contributed by atoms with van der Waals surface area (Å²) in [6.07, 6.45) is 1.68. The van der Waals surface area contributed by atoms with Gasteiger partial charge < -0.3 is 5.73 Å². The van der Waals surface area contributed by atoms with Crippen LogP contribution in [0.5, 0.6) is 0 Å². The molecule has 0 aliphatic rings. The monoisotopic (exact) mass is 208 g/mol. The zero-order chi connectivity index (χ0) is 10.1. The van der Waals surface area contributed by atoms with Crippen LogP contribution in [0.2, 0.25) is 5.15 Å². The van der Waals surface area contributed by atoms with Crippen molar-refractivity contribution in [3.05, 3.63) is 29.2 Å². The first-order valence-electron chi connectivity index (χ1n) is 4.11. The van der Waals surface area contributed by atoms with Gasteiger partial charge >= 0.3 is 0 Å². The van der Waals surface area contributed by atoms with Gasteiger partial charge in [0.25, 0.3) is 0 Å². The van der Waals surface area contributed by atoms with Crippen molar-refractivity contribution in [1.29, 1.82) is 0 Å². The van der Waals surface area contributed by atoms with E-state index in [1.165, 1.54) is 0 Å². The second-order valence-corrected chi connectivity index (χ2v) is 3.37. The Morgan fingerprint density at radius 3 is 2.86 bits per heavy atom. The lowest BCUT2D eigenvalue weighted by Crippen LogP contribution is -1.93. The first kappa shape index (κ1) is 9.02. The van der Waals surface area contributed by atoms with Crippen molar-refractivity contribution in [3.8, 4) is 11.3 Å². The van der Waals surface area contributed by atoms with Crippen LogP contribution in [0.3, 0.4) is 0 Å². The number of rotatable bonds is 1. The first-order valence-corrected chi connectivity index (χ1v) is 4.48. The van der Waals surface area contributed by atoms with Crippen LogP contribution in [0.1, 0.15) is 5.69 Å². The summed E-state index contributed by atoms with van der Waals surface area (Å²) >= 11 is 5.79. The number of aryl methyl sites for hydroxylation is 1. The second kappa shape index (κ2) is 3.31. The maximum atomic E-state index is 5.79. The molecule has 14 heavy (non-hydrogen) atoms. The summed E-state index contributed by atoms with van der Waals surface area (Å²) in [7, 11) is 0. The molecule has 72 valence electrons. The van der Waals surface area contributed by atoms with E-state index in [4.69, 9.17) is 17.3 Å². The van der Waals surface area contributed by atoms with Gasteiger partial charge in [-0.25, -0.2) is 4.98 Å². The summed E-state index contributed by atoms with van der Waals surface area (Å²) in [6.45, 7) is 1.91. The predicted octanol–water partition coefficient (Wildman–Crippen LogP) is 2.02. The minimum absolute atomic E-state index is 0.426. The summed E-state index contributed by atoms with van der Waals surface area (Å²) < 4.78 is 0. The minimum Gasteiger partial charge on any atom is -0.397 e. The number of H-pyrrole nitrogens is 1. The normalized spacial score (nSPS) is 10.4. The van der Waals surface area contributed by atoms with Crippen LogP contribution in [0, 0.1) is 6.92 Å². The molecule has 0 unspecified atom stereocenters. The van der Waals surface area contributed by atoms with E-state index in [9.17, 15) is 0 Å². The first-order chi connectivity index (χ1) is 6.68. The van der Waals surface area contributed by atoms with E-state index in [-0.39, 0.29) is 0 Å². The minimum atomic E-state index is 0.426. The Morgan fingerprint density at radius 2 is 2.21 bits per heavy atom. The molecule has 0 atom stereocenters. The molecule has 0 aromatic carbocycles. The lowest BCUT2D eigenvalue weighted by molar-refractivity contribution is 1.05. The highest BCUT2D eigenvalue weighted by Gasteiger charge is 2.09. The van der Waals surface area contributed by atoms with Crippen molar-refractivity contribution in [2.45, 2.75) is 6.92 Å². The standard InChI is InChI=1S/C9H9ClN4/c1-5-6(4-12-14-5)9-7(11)2-3-8(10)13-9/h2-4H,11H2,1H3,(H,12,14). The van der Waals surface area contributed by atoms with E-state index in [0.717, 1.165) is 11.3 Å². The van der Waals surface area contributed by atoms with Gasteiger partial charge in [0.1, 0.15) is 5.15 Å². The van der Waals surface area contributed by atoms with E-state index in [0.29, 0.717) is 16.5 Å². The molecule has 3 N–H and O–H groups in total. The summed E-state index contributed by atoms with van der Waals surface area (Å²) in [6, 6.07) is 3.40. The van der Waals surface area contributed by atoms with Gasteiger partial charge in [-0.3, -0.25) is 5.10 Å². The fourth-order valence-corrected chi connectivity index (χ4v) is 1.40. The van der Waals surface area contributed by atoms with Crippen molar-refractivity contribution < 1.29 is 0 Å². The SMILES string of the molecule is Cc1[nH]ncc1-c1nc(Cl)ccc1N. The average Bonchev–Trinajstić information content (AvgIpc) is 2.56. The Bertz CT molecular complexity index is 464. The molecule has 5 heteroatoms. The molecule has 0 radical (unpaired) electrons. The van der Waals surface area contributed by atoms with Gasteiger partial charge in [0.2, 0.25) is 0 Å². The quantitative estimate of drug-likeness (QED) is 0.705. The van der Waals surface area contributed by atoms with E-state index < -0.39 is 0 Å². The van der Waals surface area contributed by atoms with Crippen LogP contribution in [0.15, 0.2) is 18.3 Å². The number of aromatic nitrogens is 3. The van der Waals surface area contributed by atoms with E-state index >= 15 is 0 Å². The Labute approximate surface area is 86.1 Å². The highest BCUT2D eigenvalue weighted by Crippen LogP contribution is 2.26. The molecule has 2 rings (SSSR count). The maximum Gasteiger partial charge on any atom is 0.129 e. The summed E-state index contributed by atoms with van der Waals surface area (Å²) in [4.78, 5) is 4.16. The molecule has 0 fully saturated rings. The Hall–Kier alpha value is -1.55. The average molecular weight is 209 g/mol. The molecular formula is C9H9ClN4. The van der Waals surface area contributed by atoms with Crippen molar-refractivity contribution in [2.24, 2.45) is 0 Å². The maximum absolute atomic E-state index is 5.79. The van der Waals surface area contributed by atoms with Gasteiger partial charge in [-0.15, -0.1) is 0 Å². The molecule has 0 saturated carbocycles. The molecule has 2 heterocycles. The zero-order valence-electron chi connectivity index (χ0n) is 7.58. The van der Waals surface area contributed by atoms with Crippen molar-refractivity contribution in [2.75, 3.05) is 5.73 Å². The molecule has 2 aromatic heterocycles. The van der Waals surface area contributed by atoms with Gasteiger partial charge in [0, 0.05) is 11.3 Å². The lowest BCUT2D eigenvalue weighted by atomic mass is 10.1. The van der Waals surface area contributed by atoms with Gasteiger partial charge in [0.05, 0.1) is 17.6 Å². The van der Waals surface area contributed by atoms with Crippen LogP contribution in [0.25, 0.3) is 11.3 Å². The van der Waals surface area contributed by atoms with Crippen molar-refractivity contribution in [1.82, 2.24) is 15.2 Å². The van der Waals surface area contributed by atoms with Crippen LogP contribution in [0.4, 0.5) is 5.69 Å². The Kier molecular flexibility index (Phi) is 2.13. The number of anilines is 1. The Morgan fingerprint density at radius 1 is 1.43 bits per heavy atom. The van der Waals surface area contributed by atoms with Crippen molar-refractivity contribution >= 4 is 17.3 Å². The number of nitrogens with one attached hydrogen (secondary N) is 1. The van der Waals surface area contributed by atoms with Crippen molar-refractivity contribution in [3.63, 3.8) is 0 Å². The second-order valence-electron chi connectivity index (χ2n) is 2.98. The molecule has 0 bridgehead atoms. The molecule has 2 aromatic rings. The number of nitrogens with two attached hydrogens (primary N) is 1. The number of hydrogen-bond donors (Lipinski definition) is 2. The molecule has 0 aliphatic heterocycles. The Balaban J connectivity index is 2.62. The number of halogens is 1. The molecule has 0 amide bonds. The van der Waals surface area contributed by atoms with Gasteiger partial charge in [-0.2, -0.15) is 5.10 Å². The molecule has 0 saturated heterocycles. The van der Waals surface area contributed by atoms with Crippen LogP contribution in [-0.2, 0) is 0 Å². The lowest BCUT2D eigenvalue weighted by Gasteiger charge is -2.03. The number of pyridine rings is 1. The van der Waals surface area contributed by atoms with Gasteiger partial charge in [0.15, 0.2) is 0 Å².